The average molecular weight is 337 g/mol. The van der Waals surface area contributed by atoms with E-state index in [1.807, 2.05) is 19.1 Å². The summed E-state index contributed by atoms with van der Waals surface area (Å²) in [5.74, 6) is 0.448. The molecule has 0 bridgehead atoms. The number of pyridine rings is 1. The highest BCUT2D eigenvalue weighted by Crippen LogP contribution is 2.26. The number of allylic oxidation sites excluding steroid dienone is 4. The Morgan fingerprint density at radius 2 is 2.08 bits per heavy atom. The largest absolute Gasteiger partial charge is 0.338 e. The van der Waals surface area contributed by atoms with Crippen molar-refractivity contribution in [1.82, 2.24) is 20.3 Å². The van der Waals surface area contributed by atoms with Crippen LogP contribution < -0.4 is 10.6 Å². The molecule has 2 aromatic rings. The zero-order chi connectivity index (χ0) is 17.8. The summed E-state index contributed by atoms with van der Waals surface area (Å²) >= 11 is 0. The molecule has 0 spiro atoms. The van der Waals surface area contributed by atoms with Crippen LogP contribution in [0.2, 0.25) is 0 Å². The second kappa shape index (κ2) is 7.21. The van der Waals surface area contributed by atoms with Crippen LogP contribution in [0.3, 0.4) is 0 Å². The third-order valence-corrected chi connectivity index (χ3v) is 3.83. The Morgan fingerprint density at radius 3 is 2.84 bits per heavy atom. The van der Waals surface area contributed by atoms with Gasteiger partial charge in [-0.05, 0) is 50.5 Å². The van der Waals surface area contributed by atoms with E-state index in [9.17, 15) is 9.59 Å². The molecule has 7 nitrogen and oxygen atoms in total. The van der Waals surface area contributed by atoms with Gasteiger partial charge in [0.05, 0.1) is 11.9 Å². The number of ketones is 1. The van der Waals surface area contributed by atoms with Gasteiger partial charge in [0.25, 0.3) is 0 Å². The summed E-state index contributed by atoms with van der Waals surface area (Å²) in [5, 5.41) is 5.31. The zero-order valence-corrected chi connectivity index (χ0v) is 14.2. The van der Waals surface area contributed by atoms with Crippen molar-refractivity contribution in [2.24, 2.45) is 0 Å². The highest BCUT2D eigenvalue weighted by Gasteiger charge is 2.13. The van der Waals surface area contributed by atoms with E-state index in [4.69, 9.17) is 0 Å². The Hall–Kier alpha value is -3.09. The van der Waals surface area contributed by atoms with Crippen molar-refractivity contribution in [2.45, 2.75) is 26.7 Å². The summed E-state index contributed by atoms with van der Waals surface area (Å²) in [7, 11) is 0. The lowest BCUT2D eigenvalue weighted by molar-refractivity contribution is -0.113. The van der Waals surface area contributed by atoms with E-state index >= 15 is 0 Å². The minimum atomic E-state index is -0.315. The molecule has 0 fully saturated rings. The fourth-order valence-electron chi connectivity index (χ4n) is 2.59. The third-order valence-electron chi connectivity index (χ3n) is 3.83. The van der Waals surface area contributed by atoms with Crippen molar-refractivity contribution in [3.8, 4) is 0 Å². The number of rotatable bonds is 4. The average Bonchev–Trinajstić information content (AvgIpc) is 2.61. The van der Waals surface area contributed by atoms with Gasteiger partial charge in [-0.15, -0.1) is 0 Å². The van der Waals surface area contributed by atoms with Crippen molar-refractivity contribution in [1.29, 1.82) is 0 Å². The summed E-state index contributed by atoms with van der Waals surface area (Å²) in [5.41, 5.74) is 3.45. The fraction of sp³-hybridized carbons (Fsp3) is 0.278. The van der Waals surface area contributed by atoms with Gasteiger partial charge in [0.15, 0.2) is 11.4 Å². The maximum atomic E-state index is 11.6. The van der Waals surface area contributed by atoms with E-state index in [1.54, 1.807) is 25.3 Å². The molecule has 2 heterocycles. The second-order valence-electron chi connectivity index (χ2n) is 5.70. The number of urea groups is 1. The molecule has 0 saturated heterocycles. The van der Waals surface area contributed by atoms with E-state index in [0.717, 1.165) is 18.4 Å². The second-order valence-corrected chi connectivity index (χ2v) is 5.70. The first-order valence-electron chi connectivity index (χ1n) is 8.17. The number of aromatic nitrogens is 3. The topological polar surface area (TPSA) is 96.9 Å². The van der Waals surface area contributed by atoms with Crippen molar-refractivity contribution in [3.63, 3.8) is 0 Å². The van der Waals surface area contributed by atoms with Crippen LogP contribution in [0.5, 0.6) is 0 Å². The molecule has 7 heteroatoms. The highest BCUT2D eigenvalue weighted by molar-refractivity contribution is 5.98. The molecule has 0 saturated carbocycles. The lowest BCUT2D eigenvalue weighted by atomic mass is 9.95. The maximum Gasteiger partial charge on any atom is 0.320 e. The number of carbonyl (C=O) groups excluding carboxylic acids is 2. The van der Waals surface area contributed by atoms with E-state index < -0.39 is 0 Å². The molecule has 128 valence electrons. The molecule has 0 aliphatic heterocycles. The predicted molar refractivity (Wildman–Crippen MR) is 96.0 cm³/mol. The van der Waals surface area contributed by atoms with Gasteiger partial charge in [-0.25, -0.2) is 14.8 Å². The molecule has 0 atom stereocenters. The van der Waals surface area contributed by atoms with Gasteiger partial charge in [0.2, 0.25) is 0 Å². The quantitative estimate of drug-likeness (QED) is 0.894. The molecule has 1 aliphatic rings. The summed E-state index contributed by atoms with van der Waals surface area (Å²) in [6.07, 6.45) is 7.09. The molecular weight excluding hydrogens is 318 g/mol. The van der Waals surface area contributed by atoms with Gasteiger partial charge in [0, 0.05) is 12.1 Å². The number of nitrogens with one attached hydrogen (secondary N) is 2. The number of fused-ring (bicyclic) bond motifs is 1. The SMILES string of the molecule is CCNC(=O)Nc1ccc2ncc(C3=CC(C(C)=O)=CCC3)nc2n1. The van der Waals surface area contributed by atoms with Crippen LogP contribution in [-0.2, 0) is 4.79 Å². The van der Waals surface area contributed by atoms with Gasteiger partial charge in [-0.1, -0.05) is 6.08 Å². The number of amides is 2. The molecule has 2 N–H and O–H groups in total. The summed E-state index contributed by atoms with van der Waals surface area (Å²) in [4.78, 5) is 36.5. The minimum Gasteiger partial charge on any atom is -0.338 e. The summed E-state index contributed by atoms with van der Waals surface area (Å²) < 4.78 is 0. The Bertz CT molecular complexity index is 901. The molecule has 0 aromatic carbocycles. The standard InChI is InChI=1S/C18H19N5O2/c1-3-19-18(25)23-16-8-7-14-17(22-16)21-15(10-20-14)13-6-4-5-12(9-13)11(2)24/h5,7-10H,3-4,6H2,1-2H3,(H2,19,21,22,23,25). The van der Waals surface area contributed by atoms with E-state index in [1.165, 1.54) is 0 Å². The van der Waals surface area contributed by atoms with Gasteiger partial charge in [-0.3, -0.25) is 15.1 Å². The molecule has 25 heavy (non-hydrogen) atoms. The zero-order valence-electron chi connectivity index (χ0n) is 14.2. The molecule has 2 amide bonds. The van der Waals surface area contributed by atoms with E-state index in [-0.39, 0.29) is 11.8 Å². The highest BCUT2D eigenvalue weighted by atomic mass is 16.2. The maximum absolute atomic E-state index is 11.6. The molecule has 1 aliphatic carbocycles. The van der Waals surface area contributed by atoms with Crippen LogP contribution in [0.4, 0.5) is 10.6 Å². The molecular formula is C18H19N5O2. The summed E-state index contributed by atoms with van der Waals surface area (Å²) in [6, 6.07) is 3.13. The first-order chi connectivity index (χ1) is 12.1. The van der Waals surface area contributed by atoms with Crippen LogP contribution >= 0.6 is 0 Å². The van der Waals surface area contributed by atoms with Gasteiger partial charge in [0.1, 0.15) is 11.3 Å². The van der Waals surface area contributed by atoms with E-state index in [0.29, 0.717) is 34.8 Å². The number of Topliss-reactive ketones (excluding diaryl/α,β-unsaturated/α-hetero) is 1. The Balaban J connectivity index is 1.92. The number of carbonyl (C=O) groups is 2. The van der Waals surface area contributed by atoms with Gasteiger partial charge in [-0.2, -0.15) is 0 Å². The van der Waals surface area contributed by atoms with Crippen molar-refractivity contribution in [2.75, 3.05) is 11.9 Å². The van der Waals surface area contributed by atoms with Crippen LogP contribution in [0.1, 0.15) is 32.4 Å². The minimum absolute atomic E-state index is 0.0393. The van der Waals surface area contributed by atoms with Crippen LogP contribution in [0.15, 0.2) is 36.1 Å². The number of hydrogen-bond acceptors (Lipinski definition) is 5. The molecule has 2 aromatic heterocycles. The van der Waals surface area contributed by atoms with Crippen LogP contribution in [0, 0.1) is 0 Å². The Kier molecular flexibility index (Phi) is 4.83. The normalized spacial score (nSPS) is 13.8. The van der Waals surface area contributed by atoms with Gasteiger partial charge < -0.3 is 5.32 Å². The van der Waals surface area contributed by atoms with E-state index in [2.05, 4.69) is 25.6 Å². The van der Waals surface area contributed by atoms with Crippen molar-refractivity contribution >= 4 is 34.4 Å². The predicted octanol–water partition coefficient (Wildman–Crippen LogP) is 2.86. The third kappa shape index (κ3) is 3.88. The lowest BCUT2D eigenvalue weighted by Crippen LogP contribution is -2.28. The van der Waals surface area contributed by atoms with Gasteiger partial charge >= 0.3 is 6.03 Å². The van der Waals surface area contributed by atoms with Crippen LogP contribution in [0.25, 0.3) is 16.7 Å². The number of anilines is 1. The van der Waals surface area contributed by atoms with Crippen LogP contribution in [-0.4, -0.2) is 33.3 Å². The first-order valence-corrected chi connectivity index (χ1v) is 8.17. The Morgan fingerprint density at radius 1 is 1.24 bits per heavy atom. The number of nitrogens with zero attached hydrogens (tertiary/aromatic N) is 3. The first kappa shape index (κ1) is 16.8. The van der Waals surface area contributed by atoms with Crippen molar-refractivity contribution < 1.29 is 9.59 Å². The Labute approximate surface area is 145 Å². The summed E-state index contributed by atoms with van der Waals surface area (Å²) in [6.45, 7) is 3.93. The smallest absolute Gasteiger partial charge is 0.320 e. The fourth-order valence-corrected chi connectivity index (χ4v) is 2.59. The van der Waals surface area contributed by atoms with Crippen molar-refractivity contribution in [3.05, 3.63) is 41.7 Å². The molecule has 3 rings (SSSR count). The molecule has 0 radical (unpaired) electrons. The lowest BCUT2D eigenvalue weighted by Gasteiger charge is -2.12. The monoisotopic (exact) mass is 337 g/mol. The number of hydrogen-bond donors (Lipinski definition) is 2. The molecule has 0 unspecified atom stereocenters.